The van der Waals surface area contributed by atoms with Crippen LogP contribution in [0, 0.1) is 6.92 Å². The predicted molar refractivity (Wildman–Crippen MR) is 115 cm³/mol. The monoisotopic (exact) mass is 428 g/mol. The van der Waals surface area contributed by atoms with E-state index in [1.165, 1.54) is 18.2 Å². The van der Waals surface area contributed by atoms with Gasteiger partial charge in [-0.3, -0.25) is 4.79 Å². The number of carbonyl (C=O) groups excluding carboxylic acids is 1. The van der Waals surface area contributed by atoms with E-state index in [2.05, 4.69) is 10.3 Å². The molecule has 0 unspecified atom stereocenters. The quantitative estimate of drug-likeness (QED) is 0.573. The molecule has 1 aromatic heterocycles. The van der Waals surface area contributed by atoms with Gasteiger partial charge in [-0.25, -0.2) is 13.4 Å². The Morgan fingerprint density at radius 1 is 1.17 bits per heavy atom. The molecule has 0 saturated carbocycles. The van der Waals surface area contributed by atoms with Crippen molar-refractivity contribution in [3.05, 3.63) is 76.3 Å². The number of hydrogen-bond donors (Lipinski definition) is 1. The molecular weight excluding hydrogens is 408 g/mol. The Bertz CT molecular complexity index is 1130. The molecule has 0 atom stereocenters. The highest BCUT2D eigenvalue weighted by molar-refractivity contribution is 7.90. The number of ether oxygens (including phenoxy) is 1. The standard InChI is InChI=1S/C21H20N2O4S2/c1-15-22-18(14-28-15)13-27-20-6-4-3-5-16(20)7-12-21(24)23-17-8-10-19(11-9-17)29(2,25)26/h3-12,14H,13H2,1-2H3,(H,23,24)/b12-7+. The van der Waals surface area contributed by atoms with Crippen LogP contribution in [0.5, 0.6) is 5.75 Å². The molecule has 0 spiro atoms. The van der Waals surface area contributed by atoms with Gasteiger partial charge in [0.25, 0.3) is 0 Å². The van der Waals surface area contributed by atoms with Crippen molar-refractivity contribution in [1.82, 2.24) is 4.98 Å². The molecule has 0 fully saturated rings. The maximum Gasteiger partial charge on any atom is 0.248 e. The summed E-state index contributed by atoms with van der Waals surface area (Å²) in [4.78, 5) is 16.8. The predicted octanol–water partition coefficient (Wildman–Crippen LogP) is 4.09. The molecule has 1 N–H and O–H groups in total. The van der Waals surface area contributed by atoms with Crippen LogP contribution >= 0.6 is 11.3 Å². The van der Waals surface area contributed by atoms with Crippen LogP contribution in [0.3, 0.4) is 0 Å². The van der Waals surface area contributed by atoms with Crippen LogP contribution in [0.25, 0.3) is 6.08 Å². The van der Waals surface area contributed by atoms with E-state index in [-0.39, 0.29) is 10.8 Å². The molecule has 150 valence electrons. The Hall–Kier alpha value is -2.97. The maximum absolute atomic E-state index is 12.2. The SMILES string of the molecule is Cc1nc(COc2ccccc2/C=C/C(=O)Nc2ccc(S(C)(=O)=O)cc2)cs1. The lowest BCUT2D eigenvalue weighted by Crippen LogP contribution is -2.08. The van der Waals surface area contributed by atoms with Gasteiger partial charge >= 0.3 is 0 Å². The minimum absolute atomic E-state index is 0.201. The number of benzene rings is 2. The zero-order chi connectivity index (χ0) is 20.9. The molecule has 0 aliphatic heterocycles. The van der Waals surface area contributed by atoms with E-state index in [1.54, 1.807) is 29.5 Å². The Morgan fingerprint density at radius 3 is 2.55 bits per heavy atom. The van der Waals surface area contributed by atoms with Crippen molar-refractivity contribution in [2.75, 3.05) is 11.6 Å². The van der Waals surface area contributed by atoms with Crippen LogP contribution in [0.15, 0.2) is 64.9 Å². The molecule has 0 bridgehead atoms. The zero-order valence-corrected chi connectivity index (χ0v) is 17.6. The van der Waals surface area contributed by atoms with Crippen molar-refractivity contribution in [2.45, 2.75) is 18.4 Å². The molecule has 3 aromatic rings. The normalized spacial score (nSPS) is 11.5. The number of sulfone groups is 1. The van der Waals surface area contributed by atoms with Gasteiger partial charge < -0.3 is 10.1 Å². The van der Waals surface area contributed by atoms with Crippen molar-refractivity contribution in [1.29, 1.82) is 0 Å². The van der Waals surface area contributed by atoms with Gasteiger partial charge in [-0.05, 0) is 43.3 Å². The molecule has 0 radical (unpaired) electrons. The molecule has 0 saturated heterocycles. The lowest BCUT2D eigenvalue weighted by molar-refractivity contribution is -0.111. The van der Waals surface area contributed by atoms with Gasteiger partial charge in [-0.1, -0.05) is 18.2 Å². The molecule has 1 amide bonds. The Balaban J connectivity index is 1.64. The third kappa shape index (κ3) is 6.00. The number of para-hydroxylation sites is 1. The fraction of sp³-hybridized carbons (Fsp3) is 0.143. The molecule has 29 heavy (non-hydrogen) atoms. The van der Waals surface area contributed by atoms with Crippen molar-refractivity contribution >= 4 is 38.8 Å². The van der Waals surface area contributed by atoms with Gasteiger partial charge in [-0.2, -0.15) is 0 Å². The first-order valence-electron chi connectivity index (χ1n) is 8.73. The molecule has 8 heteroatoms. The summed E-state index contributed by atoms with van der Waals surface area (Å²) in [6.07, 6.45) is 4.21. The van der Waals surface area contributed by atoms with E-state index in [9.17, 15) is 13.2 Å². The van der Waals surface area contributed by atoms with Gasteiger partial charge in [0.05, 0.1) is 15.6 Å². The summed E-state index contributed by atoms with van der Waals surface area (Å²) in [7, 11) is -3.27. The number of aromatic nitrogens is 1. The van der Waals surface area contributed by atoms with E-state index < -0.39 is 9.84 Å². The number of aryl methyl sites for hydroxylation is 1. The second-order valence-electron chi connectivity index (χ2n) is 6.30. The van der Waals surface area contributed by atoms with E-state index in [0.717, 1.165) is 22.5 Å². The highest BCUT2D eigenvalue weighted by atomic mass is 32.2. The lowest BCUT2D eigenvalue weighted by atomic mass is 10.2. The topological polar surface area (TPSA) is 85.4 Å². The summed E-state index contributed by atoms with van der Waals surface area (Å²) in [5, 5.41) is 5.64. The summed E-state index contributed by atoms with van der Waals surface area (Å²) in [6, 6.07) is 13.4. The first-order valence-corrected chi connectivity index (χ1v) is 11.5. The number of nitrogens with zero attached hydrogens (tertiary/aromatic N) is 1. The number of nitrogens with one attached hydrogen (secondary N) is 1. The van der Waals surface area contributed by atoms with Crippen LogP contribution in [0.4, 0.5) is 5.69 Å². The number of thiazole rings is 1. The summed E-state index contributed by atoms with van der Waals surface area (Å²) in [5.74, 6) is 0.321. The largest absolute Gasteiger partial charge is 0.487 e. The summed E-state index contributed by atoms with van der Waals surface area (Å²) in [6.45, 7) is 2.30. The Kier molecular flexibility index (Phi) is 6.46. The summed E-state index contributed by atoms with van der Waals surface area (Å²) >= 11 is 1.57. The van der Waals surface area contributed by atoms with Gasteiger partial charge in [0.15, 0.2) is 9.84 Å². The summed E-state index contributed by atoms with van der Waals surface area (Å²) < 4.78 is 28.8. The van der Waals surface area contributed by atoms with Crippen molar-refractivity contribution in [3.63, 3.8) is 0 Å². The second kappa shape index (κ2) is 9.02. The first kappa shape index (κ1) is 20.8. The third-order valence-corrected chi connectivity index (χ3v) is 5.88. The zero-order valence-electron chi connectivity index (χ0n) is 16.0. The van der Waals surface area contributed by atoms with E-state index in [0.29, 0.717) is 18.0 Å². The maximum atomic E-state index is 12.2. The fourth-order valence-corrected chi connectivity index (χ4v) is 3.74. The van der Waals surface area contributed by atoms with Gasteiger partial charge in [0.1, 0.15) is 12.4 Å². The van der Waals surface area contributed by atoms with Crippen molar-refractivity contribution < 1.29 is 17.9 Å². The smallest absolute Gasteiger partial charge is 0.248 e. The number of rotatable bonds is 7. The minimum atomic E-state index is -3.27. The highest BCUT2D eigenvalue weighted by Crippen LogP contribution is 2.21. The summed E-state index contributed by atoms with van der Waals surface area (Å²) in [5.41, 5.74) is 2.14. The average Bonchev–Trinajstić information content (AvgIpc) is 3.10. The van der Waals surface area contributed by atoms with Crippen LogP contribution < -0.4 is 10.1 Å². The average molecular weight is 429 g/mol. The molecule has 6 nitrogen and oxygen atoms in total. The van der Waals surface area contributed by atoms with Crippen molar-refractivity contribution in [2.24, 2.45) is 0 Å². The molecule has 0 aliphatic carbocycles. The molecular formula is C21H20N2O4S2. The van der Waals surface area contributed by atoms with Crippen LogP contribution in [-0.2, 0) is 21.2 Å². The molecule has 2 aromatic carbocycles. The molecule has 1 heterocycles. The van der Waals surface area contributed by atoms with E-state index in [4.69, 9.17) is 4.74 Å². The van der Waals surface area contributed by atoms with Crippen LogP contribution in [0.1, 0.15) is 16.3 Å². The highest BCUT2D eigenvalue weighted by Gasteiger charge is 2.07. The van der Waals surface area contributed by atoms with Crippen molar-refractivity contribution in [3.8, 4) is 5.75 Å². The fourth-order valence-electron chi connectivity index (χ4n) is 2.51. The Labute approximate surface area is 173 Å². The number of anilines is 1. The van der Waals surface area contributed by atoms with E-state index >= 15 is 0 Å². The number of amides is 1. The third-order valence-electron chi connectivity index (χ3n) is 3.93. The van der Waals surface area contributed by atoms with E-state index in [1.807, 2.05) is 36.6 Å². The lowest BCUT2D eigenvalue weighted by Gasteiger charge is -2.08. The first-order chi connectivity index (χ1) is 13.8. The minimum Gasteiger partial charge on any atom is -0.487 e. The molecule has 0 aliphatic rings. The molecule has 3 rings (SSSR count). The van der Waals surface area contributed by atoms with Gasteiger partial charge in [0.2, 0.25) is 5.91 Å². The number of carbonyl (C=O) groups is 1. The number of hydrogen-bond acceptors (Lipinski definition) is 6. The van der Waals surface area contributed by atoms with Gasteiger partial charge in [-0.15, -0.1) is 11.3 Å². The van der Waals surface area contributed by atoms with Crippen LogP contribution in [-0.4, -0.2) is 25.6 Å². The Morgan fingerprint density at radius 2 is 1.90 bits per heavy atom. The van der Waals surface area contributed by atoms with Gasteiger partial charge in [0, 0.05) is 29.0 Å². The second-order valence-corrected chi connectivity index (χ2v) is 9.38. The van der Waals surface area contributed by atoms with Crippen LogP contribution in [0.2, 0.25) is 0 Å².